The third-order valence-corrected chi connectivity index (χ3v) is 4.22. The highest BCUT2D eigenvalue weighted by atomic mass is 79.9. The summed E-state index contributed by atoms with van der Waals surface area (Å²) >= 11 is 5.13. The maximum Gasteiger partial charge on any atom is 0.0806 e. The molecule has 0 aliphatic heterocycles. The zero-order valence-corrected chi connectivity index (χ0v) is 12.1. The molecule has 3 heteroatoms. The molecule has 0 spiro atoms. The predicted molar refractivity (Wildman–Crippen MR) is 79.7 cm³/mol. The van der Waals surface area contributed by atoms with Gasteiger partial charge in [-0.1, -0.05) is 46.3 Å². The van der Waals surface area contributed by atoms with Crippen LogP contribution in [0.3, 0.4) is 0 Å². The molecule has 0 aliphatic rings. The van der Waals surface area contributed by atoms with Crippen molar-refractivity contribution in [3.8, 4) is 6.07 Å². The Kier molecular flexibility index (Phi) is 4.86. The van der Waals surface area contributed by atoms with Crippen molar-refractivity contribution in [3.63, 3.8) is 0 Å². The Balaban J connectivity index is 2.00. The molecule has 0 N–H and O–H groups in total. The van der Waals surface area contributed by atoms with Gasteiger partial charge in [0.15, 0.2) is 0 Å². The average molecular weight is 318 g/mol. The highest BCUT2D eigenvalue weighted by Crippen LogP contribution is 2.26. The van der Waals surface area contributed by atoms with Crippen LogP contribution in [-0.4, -0.2) is 5.75 Å². The summed E-state index contributed by atoms with van der Waals surface area (Å²) in [5, 5.41) is 9.23. The van der Waals surface area contributed by atoms with Crippen molar-refractivity contribution in [1.82, 2.24) is 0 Å². The van der Waals surface area contributed by atoms with E-state index < -0.39 is 0 Å². The highest BCUT2D eigenvalue weighted by molar-refractivity contribution is 9.10. The first-order valence-electron chi connectivity index (χ1n) is 5.62. The first-order chi connectivity index (χ1) is 8.79. The van der Waals surface area contributed by atoms with Gasteiger partial charge in [0, 0.05) is 15.1 Å². The molecule has 2 rings (SSSR count). The van der Waals surface area contributed by atoms with Crippen molar-refractivity contribution in [2.24, 2.45) is 0 Å². The van der Waals surface area contributed by atoms with E-state index in [0.29, 0.717) is 0 Å². The second-order valence-corrected chi connectivity index (χ2v) is 5.87. The Morgan fingerprint density at radius 3 is 2.33 bits per heavy atom. The van der Waals surface area contributed by atoms with Gasteiger partial charge in [0.25, 0.3) is 0 Å². The summed E-state index contributed by atoms with van der Waals surface area (Å²) in [7, 11) is 0. The van der Waals surface area contributed by atoms with E-state index in [0.717, 1.165) is 15.8 Å². The first-order valence-corrected chi connectivity index (χ1v) is 7.40. The lowest BCUT2D eigenvalue weighted by molar-refractivity contribution is 0.996. The molecule has 90 valence electrons. The second kappa shape index (κ2) is 6.63. The number of halogens is 1. The summed E-state index contributed by atoms with van der Waals surface area (Å²) in [5.74, 6) is 0.724. The molecular formula is C15H12BrNS. The number of rotatable bonds is 4. The minimum absolute atomic E-state index is 0.0557. The molecule has 0 bridgehead atoms. The van der Waals surface area contributed by atoms with Gasteiger partial charge in [-0.2, -0.15) is 5.26 Å². The third kappa shape index (κ3) is 3.63. The summed E-state index contributed by atoms with van der Waals surface area (Å²) in [6.07, 6.45) is 0. The summed E-state index contributed by atoms with van der Waals surface area (Å²) in [6, 6.07) is 20.5. The number of hydrogen-bond donors (Lipinski definition) is 0. The minimum Gasteiger partial charge on any atom is -0.198 e. The fraction of sp³-hybridized carbons (Fsp3) is 0.133. The van der Waals surface area contributed by atoms with Gasteiger partial charge in [-0.15, -0.1) is 11.8 Å². The van der Waals surface area contributed by atoms with Gasteiger partial charge in [0.2, 0.25) is 0 Å². The fourth-order valence-corrected chi connectivity index (χ4v) is 2.82. The van der Waals surface area contributed by atoms with Crippen molar-refractivity contribution in [2.75, 3.05) is 5.75 Å². The van der Waals surface area contributed by atoms with Crippen LogP contribution in [0.25, 0.3) is 0 Å². The van der Waals surface area contributed by atoms with Crippen LogP contribution in [0.5, 0.6) is 0 Å². The molecule has 0 saturated heterocycles. The van der Waals surface area contributed by atoms with Gasteiger partial charge in [0.1, 0.15) is 0 Å². The Morgan fingerprint density at radius 1 is 1.06 bits per heavy atom. The van der Waals surface area contributed by atoms with E-state index in [2.05, 4.69) is 34.1 Å². The molecule has 0 fully saturated rings. The van der Waals surface area contributed by atoms with Crippen LogP contribution in [0.2, 0.25) is 0 Å². The van der Waals surface area contributed by atoms with Gasteiger partial charge < -0.3 is 0 Å². The zero-order valence-electron chi connectivity index (χ0n) is 9.71. The summed E-state index contributed by atoms with van der Waals surface area (Å²) in [6.45, 7) is 0. The fourth-order valence-electron chi connectivity index (χ4n) is 1.60. The van der Waals surface area contributed by atoms with E-state index in [1.807, 2.05) is 42.5 Å². The van der Waals surface area contributed by atoms with Gasteiger partial charge in [-0.25, -0.2) is 0 Å². The van der Waals surface area contributed by atoms with Crippen molar-refractivity contribution in [2.45, 2.75) is 10.8 Å². The maximum atomic E-state index is 9.23. The van der Waals surface area contributed by atoms with Gasteiger partial charge in [0.05, 0.1) is 12.0 Å². The molecule has 1 unspecified atom stereocenters. The molecule has 1 nitrogen and oxygen atoms in total. The standard InChI is InChI=1S/C15H12BrNS/c16-14-6-8-15(9-7-14)18-11-13(10-17)12-4-2-1-3-5-12/h1-9,13H,11H2. The first kappa shape index (κ1) is 13.2. The highest BCUT2D eigenvalue weighted by Gasteiger charge is 2.10. The maximum absolute atomic E-state index is 9.23. The molecule has 2 aromatic rings. The van der Waals surface area contributed by atoms with Crippen LogP contribution in [0.4, 0.5) is 0 Å². The Bertz CT molecular complexity index is 531. The van der Waals surface area contributed by atoms with E-state index in [1.165, 1.54) is 4.90 Å². The lowest BCUT2D eigenvalue weighted by Crippen LogP contribution is -1.98. The monoisotopic (exact) mass is 317 g/mol. The van der Waals surface area contributed by atoms with Gasteiger partial charge >= 0.3 is 0 Å². The number of nitriles is 1. The summed E-state index contributed by atoms with van der Waals surface area (Å²) in [5.41, 5.74) is 1.09. The van der Waals surface area contributed by atoms with Crippen LogP contribution >= 0.6 is 27.7 Å². The quantitative estimate of drug-likeness (QED) is 0.753. The largest absolute Gasteiger partial charge is 0.198 e. The van der Waals surface area contributed by atoms with Crippen molar-refractivity contribution >= 4 is 27.7 Å². The molecule has 1 atom stereocenters. The van der Waals surface area contributed by atoms with Crippen molar-refractivity contribution in [1.29, 1.82) is 5.26 Å². The number of thioether (sulfide) groups is 1. The molecule has 2 aromatic carbocycles. The smallest absolute Gasteiger partial charge is 0.0806 e. The molecule has 18 heavy (non-hydrogen) atoms. The predicted octanol–water partition coefficient (Wildman–Crippen LogP) is 4.85. The second-order valence-electron chi connectivity index (χ2n) is 3.86. The van der Waals surface area contributed by atoms with Crippen LogP contribution in [0.1, 0.15) is 11.5 Å². The van der Waals surface area contributed by atoms with Crippen LogP contribution in [-0.2, 0) is 0 Å². The molecule has 0 amide bonds. The molecular weight excluding hydrogens is 306 g/mol. The van der Waals surface area contributed by atoms with Crippen molar-refractivity contribution in [3.05, 3.63) is 64.6 Å². The molecule has 0 aromatic heterocycles. The zero-order chi connectivity index (χ0) is 12.8. The normalized spacial score (nSPS) is 11.8. The molecule has 0 saturated carbocycles. The lowest BCUT2D eigenvalue weighted by Gasteiger charge is -2.08. The van der Waals surface area contributed by atoms with Gasteiger partial charge in [-0.3, -0.25) is 0 Å². The van der Waals surface area contributed by atoms with E-state index >= 15 is 0 Å². The molecule has 0 aliphatic carbocycles. The summed E-state index contributed by atoms with van der Waals surface area (Å²) < 4.78 is 1.08. The van der Waals surface area contributed by atoms with Crippen LogP contribution in [0.15, 0.2) is 64.0 Å². The molecule has 0 heterocycles. The van der Waals surface area contributed by atoms with E-state index in [-0.39, 0.29) is 5.92 Å². The number of hydrogen-bond acceptors (Lipinski definition) is 2. The third-order valence-electron chi connectivity index (χ3n) is 2.59. The Labute approximate surface area is 120 Å². The number of nitrogens with zero attached hydrogens (tertiary/aromatic N) is 1. The molecule has 0 radical (unpaired) electrons. The number of benzene rings is 2. The van der Waals surface area contributed by atoms with Crippen LogP contribution < -0.4 is 0 Å². The van der Waals surface area contributed by atoms with E-state index in [4.69, 9.17) is 0 Å². The minimum atomic E-state index is -0.0557. The summed E-state index contributed by atoms with van der Waals surface area (Å²) in [4.78, 5) is 1.19. The average Bonchev–Trinajstić information content (AvgIpc) is 2.43. The van der Waals surface area contributed by atoms with E-state index in [9.17, 15) is 5.26 Å². The Morgan fingerprint density at radius 2 is 1.72 bits per heavy atom. The SMILES string of the molecule is N#CC(CSc1ccc(Br)cc1)c1ccccc1. The van der Waals surface area contributed by atoms with Crippen molar-refractivity contribution < 1.29 is 0 Å². The van der Waals surface area contributed by atoms with Crippen LogP contribution in [0, 0.1) is 11.3 Å². The Hall–Kier alpha value is -1.24. The van der Waals surface area contributed by atoms with Gasteiger partial charge in [-0.05, 0) is 29.8 Å². The van der Waals surface area contributed by atoms with E-state index in [1.54, 1.807) is 11.8 Å². The lowest BCUT2D eigenvalue weighted by atomic mass is 10.0. The topological polar surface area (TPSA) is 23.8 Å².